The van der Waals surface area contributed by atoms with Gasteiger partial charge < -0.3 is 14.8 Å². The van der Waals surface area contributed by atoms with Crippen molar-refractivity contribution in [3.8, 4) is 5.75 Å². The number of methoxy groups -OCH3 is 2. The van der Waals surface area contributed by atoms with E-state index in [1.165, 1.54) is 13.3 Å². The van der Waals surface area contributed by atoms with Gasteiger partial charge in [0.25, 0.3) is 0 Å². The molecule has 0 amide bonds. The summed E-state index contributed by atoms with van der Waals surface area (Å²) in [4.78, 5) is 19.4. The van der Waals surface area contributed by atoms with Gasteiger partial charge in [-0.3, -0.25) is 0 Å². The highest BCUT2D eigenvalue weighted by Crippen LogP contribution is 2.20. The minimum atomic E-state index is -0.559. The van der Waals surface area contributed by atoms with Gasteiger partial charge in [-0.1, -0.05) is 12.1 Å². The Bertz CT molecular complexity index is 614. The second-order valence-corrected chi connectivity index (χ2v) is 4.40. The number of ether oxygens (including phenoxy) is 2. The average molecular weight is 287 g/mol. The Morgan fingerprint density at radius 3 is 2.52 bits per heavy atom. The van der Waals surface area contributed by atoms with Crippen LogP contribution in [0.5, 0.6) is 5.75 Å². The van der Waals surface area contributed by atoms with E-state index in [0.29, 0.717) is 5.82 Å². The van der Waals surface area contributed by atoms with Gasteiger partial charge in [0.2, 0.25) is 5.82 Å². The molecule has 1 N–H and O–H groups in total. The summed E-state index contributed by atoms with van der Waals surface area (Å²) in [6.07, 6.45) is 1.52. The normalized spacial score (nSPS) is 11.6. The third-order valence-corrected chi connectivity index (χ3v) is 3.00. The van der Waals surface area contributed by atoms with Gasteiger partial charge in [0.05, 0.1) is 14.2 Å². The molecule has 1 heterocycles. The molecule has 0 aliphatic rings. The van der Waals surface area contributed by atoms with Crippen molar-refractivity contribution >= 4 is 11.8 Å². The Labute approximate surface area is 123 Å². The van der Waals surface area contributed by atoms with E-state index in [-0.39, 0.29) is 11.9 Å². The molecule has 0 aliphatic carbocycles. The van der Waals surface area contributed by atoms with Crippen molar-refractivity contribution in [3.05, 3.63) is 47.9 Å². The number of rotatable bonds is 5. The molecule has 0 bridgehead atoms. The highest BCUT2D eigenvalue weighted by Gasteiger charge is 2.11. The number of carbonyl (C=O) groups is 1. The molecule has 0 radical (unpaired) electrons. The Morgan fingerprint density at radius 2 is 1.90 bits per heavy atom. The number of aromatic nitrogens is 2. The lowest BCUT2D eigenvalue weighted by atomic mass is 10.1. The van der Waals surface area contributed by atoms with Crippen molar-refractivity contribution in [2.45, 2.75) is 13.0 Å². The van der Waals surface area contributed by atoms with Crippen molar-refractivity contribution in [1.82, 2.24) is 9.97 Å². The number of nitrogens with one attached hydrogen (secondary N) is 1. The highest BCUT2D eigenvalue weighted by molar-refractivity contribution is 5.85. The van der Waals surface area contributed by atoms with Crippen LogP contribution in [0.1, 0.15) is 29.1 Å². The van der Waals surface area contributed by atoms with E-state index in [2.05, 4.69) is 20.0 Å². The van der Waals surface area contributed by atoms with E-state index in [9.17, 15) is 4.79 Å². The molecular weight excluding hydrogens is 270 g/mol. The number of hydrogen-bond acceptors (Lipinski definition) is 6. The molecule has 21 heavy (non-hydrogen) atoms. The smallest absolute Gasteiger partial charge is 0.376 e. The van der Waals surface area contributed by atoms with E-state index in [1.54, 1.807) is 13.2 Å². The molecule has 6 heteroatoms. The zero-order valence-corrected chi connectivity index (χ0v) is 12.2. The van der Waals surface area contributed by atoms with E-state index < -0.39 is 5.97 Å². The predicted molar refractivity (Wildman–Crippen MR) is 78.4 cm³/mol. The summed E-state index contributed by atoms with van der Waals surface area (Å²) in [6.45, 7) is 2.00. The Hall–Kier alpha value is -2.63. The molecule has 0 aliphatic heterocycles. The molecule has 0 spiro atoms. The molecule has 0 saturated carbocycles. The summed E-state index contributed by atoms with van der Waals surface area (Å²) in [5.74, 6) is 0.842. The molecule has 2 rings (SSSR count). The topological polar surface area (TPSA) is 73.3 Å². The van der Waals surface area contributed by atoms with Crippen LogP contribution in [0.4, 0.5) is 5.82 Å². The first-order valence-corrected chi connectivity index (χ1v) is 6.46. The minimum absolute atomic E-state index is 0.0244. The van der Waals surface area contributed by atoms with E-state index >= 15 is 0 Å². The first-order chi connectivity index (χ1) is 10.1. The highest BCUT2D eigenvalue weighted by atomic mass is 16.5. The van der Waals surface area contributed by atoms with E-state index in [1.807, 2.05) is 31.2 Å². The van der Waals surface area contributed by atoms with Crippen LogP contribution < -0.4 is 10.1 Å². The fourth-order valence-electron chi connectivity index (χ4n) is 1.83. The first-order valence-electron chi connectivity index (χ1n) is 6.46. The predicted octanol–water partition coefficient (Wildman–Crippen LogP) is 2.44. The van der Waals surface area contributed by atoms with Gasteiger partial charge in [-0.25, -0.2) is 14.8 Å². The molecule has 1 unspecified atom stereocenters. The zero-order valence-electron chi connectivity index (χ0n) is 12.2. The van der Waals surface area contributed by atoms with Crippen LogP contribution in [-0.2, 0) is 4.74 Å². The summed E-state index contributed by atoms with van der Waals surface area (Å²) < 4.78 is 9.73. The maximum atomic E-state index is 11.4. The van der Waals surface area contributed by atoms with E-state index in [4.69, 9.17) is 4.74 Å². The van der Waals surface area contributed by atoms with Crippen LogP contribution >= 0.6 is 0 Å². The third kappa shape index (κ3) is 3.68. The van der Waals surface area contributed by atoms with Gasteiger partial charge in [-0.15, -0.1) is 0 Å². The van der Waals surface area contributed by atoms with Gasteiger partial charge >= 0.3 is 5.97 Å². The third-order valence-electron chi connectivity index (χ3n) is 3.00. The number of esters is 1. The molecule has 1 aromatic carbocycles. The zero-order chi connectivity index (χ0) is 15.2. The maximum absolute atomic E-state index is 11.4. The van der Waals surface area contributed by atoms with Crippen molar-refractivity contribution in [2.24, 2.45) is 0 Å². The first kappa shape index (κ1) is 14.8. The summed E-state index contributed by atoms with van der Waals surface area (Å²) in [5, 5.41) is 3.22. The Balaban J connectivity index is 2.11. The summed E-state index contributed by atoms with van der Waals surface area (Å²) in [7, 11) is 2.93. The molecule has 1 aromatic heterocycles. The fourth-order valence-corrected chi connectivity index (χ4v) is 1.83. The molecular formula is C15H17N3O3. The number of hydrogen-bond donors (Lipinski definition) is 1. The molecule has 0 saturated heterocycles. The Kier molecular flexibility index (Phi) is 4.71. The van der Waals surface area contributed by atoms with Gasteiger partial charge in [0.15, 0.2) is 0 Å². The number of benzene rings is 1. The quantitative estimate of drug-likeness (QED) is 0.851. The monoisotopic (exact) mass is 287 g/mol. The van der Waals surface area contributed by atoms with Gasteiger partial charge in [0.1, 0.15) is 11.6 Å². The lowest BCUT2D eigenvalue weighted by molar-refractivity contribution is 0.0587. The molecule has 110 valence electrons. The summed E-state index contributed by atoms with van der Waals surface area (Å²) in [5.41, 5.74) is 1.08. The van der Waals surface area contributed by atoms with Crippen molar-refractivity contribution in [2.75, 3.05) is 19.5 Å². The second-order valence-electron chi connectivity index (χ2n) is 4.40. The van der Waals surface area contributed by atoms with E-state index in [0.717, 1.165) is 11.3 Å². The fraction of sp³-hybridized carbons (Fsp3) is 0.267. The Morgan fingerprint density at radius 1 is 1.19 bits per heavy atom. The van der Waals surface area contributed by atoms with Crippen molar-refractivity contribution in [1.29, 1.82) is 0 Å². The number of nitrogens with zero attached hydrogens (tertiary/aromatic N) is 2. The van der Waals surface area contributed by atoms with Crippen LogP contribution in [0.3, 0.4) is 0 Å². The molecule has 6 nitrogen and oxygen atoms in total. The molecule has 0 fully saturated rings. The average Bonchev–Trinajstić information content (AvgIpc) is 2.54. The van der Waals surface area contributed by atoms with Crippen molar-refractivity contribution in [3.63, 3.8) is 0 Å². The van der Waals surface area contributed by atoms with Crippen LogP contribution in [0, 0.1) is 0 Å². The van der Waals surface area contributed by atoms with Gasteiger partial charge in [-0.05, 0) is 30.7 Å². The maximum Gasteiger partial charge on any atom is 0.376 e. The number of carbonyl (C=O) groups excluding carboxylic acids is 1. The lowest BCUT2D eigenvalue weighted by Gasteiger charge is -2.15. The molecule has 1 atom stereocenters. The van der Waals surface area contributed by atoms with Gasteiger partial charge in [-0.2, -0.15) is 0 Å². The molecule has 2 aromatic rings. The summed E-state index contributed by atoms with van der Waals surface area (Å²) in [6, 6.07) is 9.46. The SMILES string of the molecule is COC(=O)c1nccc(NC(C)c2ccc(OC)cc2)n1. The van der Waals surface area contributed by atoms with Crippen LogP contribution in [0.15, 0.2) is 36.5 Å². The number of anilines is 1. The minimum Gasteiger partial charge on any atom is -0.497 e. The van der Waals surface area contributed by atoms with Gasteiger partial charge in [0, 0.05) is 12.2 Å². The summed E-state index contributed by atoms with van der Waals surface area (Å²) >= 11 is 0. The van der Waals surface area contributed by atoms with Crippen LogP contribution in [0.25, 0.3) is 0 Å². The second kappa shape index (κ2) is 6.69. The van der Waals surface area contributed by atoms with Crippen molar-refractivity contribution < 1.29 is 14.3 Å². The van der Waals surface area contributed by atoms with Crippen LogP contribution in [0.2, 0.25) is 0 Å². The van der Waals surface area contributed by atoms with Crippen LogP contribution in [-0.4, -0.2) is 30.2 Å². The lowest BCUT2D eigenvalue weighted by Crippen LogP contribution is -2.12. The largest absolute Gasteiger partial charge is 0.497 e. The standard InChI is InChI=1S/C15H17N3O3/c1-10(11-4-6-12(20-2)7-5-11)17-13-8-9-16-14(18-13)15(19)21-3/h4-10H,1-3H3,(H,16,17,18).